The van der Waals surface area contributed by atoms with Crippen molar-refractivity contribution in [2.45, 2.75) is 65.2 Å². The lowest BCUT2D eigenvalue weighted by Crippen LogP contribution is -2.25. The van der Waals surface area contributed by atoms with Crippen LogP contribution in [-0.2, 0) is 0 Å². The van der Waals surface area contributed by atoms with Gasteiger partial charge in [0.2, 0.25) is 0 Å². The first-order chi connectivity index (χ1) is 10.1. The van der Waals surface area contributed by atoms with E-state index in [0.717, 1.165) is 19.0 Å². The highest BCUT2D eigenvalue weighted by molar-refractivity contribution is 9.10. The summed E-state index contributed by atoms with van der Waals surface area (Å²) in [6.07, 6.45) is 8.13. The van der Waals surface area contributed by atoms with Gasteiger partial charge in [0.05, 0.1) is 0 Å². The Labute approximate surface area is 140 Å². The Morgan fingerprint density at radius 2 is 1.62 bits per heavy atom. The van der Waals surface area contributed by atoms with Gasteiger partial charge in [-0.25, -0.2) is 0 Å². The zero-order valence-corrected chi connectivity index (χ0v) is 15.6. The van der Waals surface area contributed by atoms with Crippen LogP contribution in [-0.4, -0.2) is 13.1 Å². The van der Waals surface area contributed by atoms with Crippen LogP contribution in [0, 0.1) is 5.92 Å². The molecule has 0 saturated heterocycles. The van der Waals surface area contributed by atoms with Gasteiger partial charge in [0.25, 0.3) is 0 Å². The predicted molar refractivity (Wildman–Crippen MR) is 98.0 cm³/mol. The summed E-state index contributed by atoms with van der Waals surface area (Å²) < 4.78 is 1.17. The molecule has 0 aliphatic heterocycles. The van der Waals surface area contributed by atoms with E-state index < -0.39 is 0 Å². The summed E-state index contributed by atoms with van der Waals surface area (Å²) in [6.45, 7) is 9.04. The fourth-order valence-corrected chi connectivity index (χ4v) is 2.93. The number of benzene rings is 1. The Morgan fingerprint density at radius 1 is 0.952 bits per heavy atom. The van der Waals surface area contributed by atoms with Crippen molar-refractivity contribution in [3.05, 3.63) is 34.3 Å². The van der Waals surface area contributed by atoms with E-state index in [1.54, 1.807) is 0 Å². The Morgan fingerprint density at radius 3 is 2.24 bits per heavy atom. The first-order valence-corrected chi connectivity index (χ1v) is 9.39. The van der Waals surface area contributed by atoms with Crippen LogP contribution in [0.1, 0.15) is 70.8 Å². The topological polar surface area (TPSA) is 12.0 Å². The van der Waals surface area contributed by atoms with Crippen LogP contribution in [0.4, 0.5) is 0 Å². The molecule has 0 aliphatic carbocycles. The highest BCUT2D eigenvalue weighted by Crippen LogP contribution is 2.24. The summed E-state index contributed by atoms with van der Waals surface area (Å²) in [5.74, 6) is 1.37. The van der Waals surface area contributed by atoms with Gasteiger partial charge >= 0.3 is 0 Å². The number of unbranched alkanes of at least 4 members (excludes halogenated alkanes) is 4. The molecule has 21 heavy (non-hydrogen) atoms. The van der Waals surface area contributed by atoms with E-state index in [0.29, 0.717) is 5.92 Å². The Balaban J connectivity index is 2.46. The van der Waals surface area contributed by atoms with Crippen LogP contribution in [0.15, 0.2) is 28.7 Å². The van der Waals surface area contributed by atoms with Gasteiger partial charge in [-0.1, -0.05) is 80.9 Å². The Hall–Kier alpha value is -0.340. The van der Waals surface area contributed by atoms with Crippen LogP contribution >= 0.6 is 15.9 Å². The zero-order valence-electron chi connectivity index (χ0n) is 14.0. The number of hydrogen-bond donors (Lipinski definition) is 1. The van der Waals surface area contributed by atoms with E-state index in [-0.39, 0.29) is 0 Å². The molecule has 1 nitrogen and oxygen atoms in total. The average molecular weight is 354 g/mol. The maximum absolute atomic E-state index is 3.64. The minimum atomic E-state index is 0.651. The standard InChI is InChI=1S/C19H32BrN/c1-4-5-6-7-8-9-18(15-21-14-16(2)3)17-10-12-19(20)13-11-17/h10-13,16,18,21H,4-9,14-15H2,1-3H3. The molecule has 0 amide bonds. The minimum absolute atomic E-state index is 0.651. The van der Waals surface area contributed by atoms with Crippen molar-refractivity contribution in [1.29, 1.82) is 0 Å². The molecule has 1 rings (SSSR count). The van der Waals surface area contributed by atoms with Crippen molar-refractivity contribution in [3.8, 4) is 0 Å². The lowest BCUT2D eigenvalue weighted by molar-refractivity contribution is 0.481. The molecule has 2 heteroatoms. The fraction of sp³-hybridized carbons (Fsp3) is 0.684. The van der Waals surface area contributed by atoms with E-state index in [1.807, 2.05) is 0 Å². The first kappa shape index (κ1) is 18.7. The Kier molecular flexibility index (Phi) is 10.0. The van der Waals surface area contributed by atoms with Crippen LogP contribution in [0.25, 0.3) is 0 Å². The lowest BCUT2D eigenvalue weighted by atomic mass is 9.92. The highest BCUT2D eigenvalue weighted by atomic mass is 79.9. The first-order valence-electron chi connectivity index (χ1n) is 8.59. The van der Waals surface area contributed by atoms with Crippen molar-refractivity contribution in [1.82, 2.24) is 5.32 Å². The van der Waals surface area contributed by atoms with Gasteiger partial charge in [-0.2, -0.15) is 0 Å². The van der Waals surface area contributed by atoms with Crippen LogP contribution in [0.3, 0.4) is 0 Å². The van der Waals surface area contributed by atoms with Gasteiger partial charge in [-0.3, -0.25) is 0 Å². The molecular weight excluding hydrogens is 322 g/mol. The summed E-state index contributed by atoms with van der Waals surface area (Å²) >= 11 is 3.53. The molecule has 120 valence electrons. The number of rotatable bonds is 11. The van der Waals surface area contributed by atoms with Gasteiger partial charge in [-0.05, 0) is 42.5 Å². The highest BCUT2D eigenvalue weighted by Gasteiger charge is 2.11. The van der Waals surface area contributed by atoms with Crippen LogP contribution < -0.4 is 5.32 Å². The van der Waals surface area contributed by atoms with Crippen molar-refractivity contribution >= 4 is 15.9 Å². The Bertz CT molecular complexity index is 358. The molecule has 0 aliphatic rings. The van der Waals surface area contributed by atoms with Crippen LogP contribution in [0.5, 0.6) is 0 Å². The third-order valence-corrected chi connectivity index (χ3v) is 4.47. The van der Waals surface area contributed by atoms with E-state index in [2.05, 4.69) is 66.3 Å². The molecular formula is C19H32BrN. The molecule has 1 aromatic carbocycles. The molecule has 1 atom stereocenters. The summed E-state index contributed by atoms with van der Waals surface area (Å²) in [6, 6.07) is 8.89. The van der Waals surface area contributed by atoms with Crippen molar-refractivity contribution in [2.75, 3.05) is 13.1 Å². The number of hydrogen-bond acceptors (Lipinski definition) is 1. The maximum atomic E-state index is 3.64. The van der Waals surface area contributed by atoms with Crippen molar-refractivity contribution in [2.24, 2.45) is 5.92 Å². The van der Waals surface area contributed by atoms with Gasteiger partial charge in [-0.15, -0.1) is 0 Å². The summed E-state index contributed by atoms with van der Waals surface area (Å²) in [5, 5.41) is 3.64. The van der Waals surface area contributed by atoms with E-state index in [9.17, 15) is 0 Å². The summed E-state index contributed by atoms with van der Waals surface area (Å²) in [4.78, 5) is 0. The molecule has 0 fully saturated rings. The molecule has 0 spiro atoms. The fourth-order valence-electron chi connectivity index (χ4n) is 2.66. The van der Waals surface area contributed by atoms with Gasteiger partial charge in [0, 0.05) is 11.0 Å². The predicted octanol–water partition coefficient (Wildman–Crippen LogP) is 6.14. The molecule has 1 N–H and O–H groups in total. The van der Waals surface area contributed by atoms with Gasteiger partial charge in [0.15, 0.2) is 0 Å². The molecule has 0 bridgehead atoms. The molecule has 0 radical (unpaired) electrons. The molecule has 0 saturated carbocycles. The third-order valence-electron chi connectivity index (χ3n) is 3.94. The molecule has 1 unspecified atom stereocenters. The van der Waals surface area contributed by atoms with E-state index >= 15 is 0 Å². The van der Waals surface area contributed by atoms with E-state index in [1.165, 1.54) is 48.6 Å². The van der Waals surface area contributed by atoms with Crippen molar-refractivity contribution < 1.29 is 0 Å². The quantitative estimate of drug-likeness (QED) is 0.471. The van der Waals surface area contributed by atoms with E-state index in [4.69, 9.17) is 0 Å². The summed E-state index contributed by atoms with van der Waals surface area (Å²) in [7, 11) is 0. The minimum Gasteiger partial charge on any atom is -0.316 e. The molecule has 0 heterocycles. The van der Waals surface area contributed by atoms with Crippen LogP contribution in [0.2, 0.25) is 0 Å². The largest absolute Gasteiger partial charge is 0.316 e. The zero-order chi connectivity index (χ0) is 15.5. The average Bonchev–Trinajstić information content (AvgIpc) is 2.46. The van der Waals surface area contributed by atoms with Gasteiger partial charge in [0.1, 0.15) is 0 Å². The van der Waals surface area contributed by atoms with Crippen molar-refractivity contribution in [3.63, 3.8) is 0 Å². The number of nitrogens with one attached hydrogen (secondary N) is 1. The molecule has 1 aromatic rings. The monoisotopic (exact) mass is 353 g/mol. The lowest BCUT2D eigenvalue weighted by Gasteiger charge is -2.19. The molecule has 0 aromatic heterocycles. The van der Waals surface area contributed by atoms with Gasteiger partial charge < -0.3 is 5.32 Å². The SMILES string of the molecule is CCCCCCCC(CNCC(C)C)c1ccc(Br)cc1. The normalized spacial score (nSPS) is 12.8. The maximum Gasteiger partial charge on any atom is 0.0175 e. The second-order valence-corrected chi connectivity index (χ2v) is 7.42. The summed E-state index contributed by atoms with van der Waals surface area (Å²) in [5.41, 5.74) is 1.48. The third kappa shape index (κ3) is 8.63. The smallest absolute Gasteiger partial charge is 0.0175 e. The second kappa shape index (κ2) is 11.3. The number of halogens is 1. The second-order valence-electron chi connectivity index (χ2n) is 6.50.